The molecular weight excluding hydrogens is 664 g/mol. The van der Waals surface area contributed by atoms with E-state index in [2.05, 4.69) is 51.3 Å². The smallest absolute Gasteiger partial charge is 0.407 e. The van der Waals surface area contributed by atoms with E-state index in [1.807, 2.05) is 0 Å². The van der Waals surface area contributed by atoms with Gasteiger partial charge in [-0.15, -0.1) is 0 Å². The highest BCUT2D eigenvalue weighted by Gasteiger charge is 2.59. The SMILES string of the molecule is CC(C)CCC[C@@H](C)[C@H]1CC[C@H]2[C@@H]3CC=C4C[C@@H](OC(=O)NCCCCCCNC(=O)OC[C@H]5O[C@H](O)[C@H](O)[C@@H](O)[C@@H]5O)CC[C@]4(C)[C@H]3CC[C@]12C. The Bertz CT molecular complexity index is 1210. The molecule has 11 nitrogen and oxygen atoms in total. The van der Waals surface area contributed by atoms with Crippen LogP contribution in [0.15, 0.2) is 11.6 Å². The van der Waals surface area contributed by atoms with Crippen LogP contribution in [0, 0.1) is 46.3 Å². The Morgan fingerprint density at radius 2 is 1.56 bits per heavy atom. The molecule has 0 aromatic heterocycles. The number of allylic oxidation sites excluding steroid dienone is 1. The summed E-state index contributed by atoms with van der Waals surface area (Å²) < 4.78 is 16.0. The van der Waals surface area contributed by atoms with Crippen molar-refractivity contribution in [3.63, 3.8) is 0 Å². The molecule has 0 unspecified atom stereocenters. The number of carbonyl (C=O) groups excluding carboxylic acids is 2. The van der Waals surface area contributed by atoms with Gasteiger partial charge in [0.2, 0.25) is 0 Å². The van der Waals surface area contributed by atoms with Crippen LogP contribution in [0.5, 0.6) is 0 Å². The van der Waals surface area contributed by atoms with Crippen LogP contribution in [-0.2, 0) is 14.2 Å². The van der Waals surface area contributed by atoms with E-state index in [4.69, 9.17) is 14.2 Å². The van der Waals surface area contributed by atoms with Crippen molar-refractivity contribution in [2.75, 3.05) is 19.7 Å². The van der Waals surface area contributed by atoms with Crippen molar-refractivity contribution >= 4 is 12.2 Å². The third-order valence-corrected chi connectivity index (χ3v) is 14.2. The lowest BCUT2D eigenvalue weighted by molar-refractivity contribution is -0.286. The Morgan fingerprint density at radius 3 is 2.27 bits per heavy atom. The summed E-state index contributed by atoms with van der Waals surface area (Å²) in [5.41, 5.74) is 2.26. The Balaban J connectivity index is 0.953. The van der Waals surface area contributed by atoms with E-state index in [1.54, 1.807) is 0 Å². The molecule has 11 heteroatoms. The fourth-order valence-electron chi connectivity index (χ4n) is 11.2. The molecule has 1 aliphatic heterocycles. The van der Waals surface area contributed by atoms with Crippen molar-refractivity contribution < 1.29 is 44.2 Å². The van der Waals surface area contributed by atoms with Crippen LogP contribution in [0.25, 0.3) is 0 Å². The molecule has 5 aliphatic rings. The standard InChI is InChI=1S/C41H70N2O9/c1-25(2)11-10-12-26(3)30-15-16-31-29-14-13-27-23-28(17-19-40(27,4)32(29)18-20-41(30,31)5)51-39(49)43-22-9-7-6-8-21-42-38(48)50-24-33-34(44)35(45)36(46)37(47)52-33/h13,25-26,28-37,44-47H,6-12,14-24H2,1-5H3,(H,42,48)(H,43,49)/t26-,28+,29+,30-,31+,32+,33-,34-,35+,36-,37+,40+,41-/m1/s1. The van der Waals surface area contributed by atoms with Crippen molar-refractivity contribution in [3.8, 4) is 0 Å². The van der Waals surface area contributed by atoms with Crippen LogP contribution in [0.1, 0.15) is 131 Å². The van der Waals surface area contributed by atoms with Gasteiger partial charge in [-0.1, -0.05) is 78.4 Å². The van der Waals surface area contributed by atoms with E-state index in [9.17, 15) is 30.0 Å². The van der Waals surface area contributed by atoms with E-state index in [1.165, 1.54) is 56.9 Å². The van der Waals surface area contributed by atoms with Gasteiger partial charge >= 0.3 is 12.2 Å². The van der Waals surface area contributed by atoms with Crippen molar-refractivity contribution in [1.29, 1.82) is 0 Å². The summed E-state index contributed by atoms with van der Waals surface area (Å²) >= 11 is 0. The van der Waals surface area contributed by atoms with Gasteiger partial charge in [-0.2, -0.15) is 0 Å². The van der Waals surface area contributed by atoms with Crippen LogP contribution in [0.3, 0.4) is 0 Å². The molecule has 1 heterocycles. The summed E-state index contributed by atoms with van der Waals surface area (Å²) in [5.74, 6) is 4.90. The fraction of sp³-hybridized carbons (Fsp3) is 0.902. The highest BCUT2D eigenvalue weighted by atomic mass is 16.7. The third-order valence-electron chi connectivity index (χ3n) is 14.2. The Morgan fingerprint density at radius 1 is 0.846 bits per heavy atom. The number of alkyl carbamates (subject to hydrolysis) is 2. The fourth-order valence-corrected chi connectivity index (χ4v) is 11.2. The number of aliphatic hydroxyl groups is 4. The molecule has 2 amide bonds. The zero-order valence-corrected chi connectivity index (χ0v) is 32.6. The third kappa shape index (κ3) is 9.47. The van der Waals surface area contributed by atoms with E-state index in [0.717, 1.165) is 80.5 Å². The number of aliphatic hydroxyl groups excluding tert-OH is 4. The maximum Gasteiger partial charge on any atom is 0.407 e. The summed E-state index contributed by atoms with van der Waals surface area (Å²) in [7, 11) is 0. The molecule has 5 rings (SSSR count). The molecule has 0 aromatic rings. The molecule has 4 aliphatic carbocycles. The molecule has 0 bridgehead atoms. The molecule has 298 valence electrons. The minimum atomic E-state index is -1.68. The summed E-state index contributed by atoms with van der Waals surface area (Å²) in [5, 5.41) is 44.3. The lowest BCUT2D eigenvalue weighted by Crippen LogP contribution is -2.58. The first-order valence-corrected chi connectivity index (χ1v) is 20.7. The maximum atomic E-state index is 12.7. The van der Waals surface area contributed by atoms with E-state index >= 15 is 0 Å². The van der Waals surface area contributed by atoms with Crippen LogP contribution in [0.2, 0.25) is 0 Å². The molecule has 52 heavy (non-hydrogen) atoms. The first-order valence-electron chi connectivity index (χ1n) is 20.7. The van der Waals surface area contributed by atoms with Crippen molar-refractivity contribution in [3.05, 3.63) is 11.6 Å². The summed E-state index contributed by atoms with van der Waals surface area (Å²) in [4.78, 5) is 24.7. The predicted octanol–water partition coefficient (Wildman–Crippen LogP) is 6.21. The summed E-state index contributed by atoms with van der Waals surface area (Å²) in [6, 6.07) is 0. The van der Waals surface area contributed by atoms with Crippen molar-refractivity contribution in [2.45, 2.75) is 168 Å². The highest BCUT2D eigenvalue weighted by Crippen LogP contribution is 2.67. The zero-order chi connectivity index (χ0) is 37.6. The number of rotatable bonds is 15. The van der Waals surface area contributed by atoms with Gasteiger partial charge in [0.05, 0.1) is 0 Å². The molecule has 6 N–H and O–H groups in total. The number of nitrogens with one attached hydrogen (secondary N) is 2. The second-order valence-electron chi connectivity index (χ2n) is 18.0. The molecule has 13 atom stereocenters. The Labute approximate surface area is 312 Å². The van der Waals surface area contributed by atoms with Crippen molar-refractivity contribution in [2.24, 2.45) is 46.3 Å². The van der Waals surface area contributed by atoms with E-state index in [-0.39, 0.29) is 24.2 Å². The second-order valence-corrected chi connectivity index (χ2v) is 18.0. The van der Waals surface area contributed by atoms with Crippen LogP contribution < -0.4 is 10.6 Å². The Kier molecular flexibility index (Phi) is 14.4. The van der Waals surface area contributed by atoms with Crippen molar-refractivity contribution in [1.82, 2.24) is 10.6 Å². The molecule has 1 saturated heterocycles. The highest BCUT2D eigenvalue weighted by molar-refractivity contribution is 5.67. The predicted molar refractivity (Wildman–Crippen MR) is 198 cm³/mol. The number of amides is 2. The van der Waals surface area contributed by atoms with Gasteiger partial charge < -0.3 is 45.3 Å². The minimum absolute atomic E-state index is 0.0622. The molecule has 0 radical (unpaired) electrons. The number of ether oxygens (including phenoxy) is 3. The van der Waals surface area contributed by atoms with Crippen LogP contribution in [-0.4, -0.2) is 89.1 Å². The van der Waals surface area contributed by atoms with Gasteiger partial charge in [0.15, 0.2) is 6.29 Å². The normalized spacial score (nSPS) is 39.1. The number of unbranched alkanes of at least 4 members (excludes halogenated alkanes) is 3. The van der Waals surface area contributed by atoms with Gasteiger partial charge in [0.25, 0.3) is 0 Å². The number of hydrogen-bond acceptors (Lipinski definition) is 9. The van der Waals surface area contributed by atoms with Gasteiger partial charge in [-0.3, -0.25) is 0 Å². The summed E-state index contributed by atoms with van der Waals surface area (Å²) in [6.45, 7) is 13.0. The number of fused-ring (bicyclic) bond motifs is 5. The minimum Gasteiger partial charge on any atom is -0.447 e. The lowest BCUT2D eigenvalue weighted by atomic mass is 9.47. The molecular formula is C41H70N2O9. The van der Waals surface area contributed by atoms with Gasteiger partial charge in [-0.25, -0.2) is 9.59 Å². The van der Waals surface area contributed by atoms with Gasteiger partial charge in [0, 0.05) is 19.5 Å². The molecule has 3 saturated carbocycles. The second kappa shape index (κ2) is 18.1. The van der Waals surface area contributed by atoms with E-state index in [0.29, 0.717) is 18.5 Å². The van der Waals surface area contributed by atoms with E-state index < -0.39 is 36.8 Å². The molecule has 4 fully saturated rings. The maximum absolute atomic E-state index is 12.7. The van der Waals surface area contributed by atoms with Gasteiger partial charge in [-0.05, 0) is 104 Å². The largest absolute Gasteiger partial charge is 0.447 e. The zero-order valence-electron chi connectivity index (χ0n) is 32.6. The molecule has 0 spiro atoms. The number of hydrogen-bond donors (Lipinski definition) is 6. The van der Waals surface area contributed by atoms with Gasteiger partial charge in [0.1, 0.15) is 37.1 Å². The Hall–Kier alpha value is -1.92. The lowest BCUT2D eigenvalue weighted by Gasteiger charge is -2.58. The molecule has 0 aromatic carbocycles. The quantitative estimate of drug-likeness (QED) is 0.0847. The number of carbonyl (C=O) groups is 2. The average molecular weight is 735 g/mol. The average Bonchev–Trinajstić information content (AvgIpc) is 3.46. The van der Waals surface area contributed by atoms with Crippen LogP contribution >= 0.6 is 0 Å². The first kappa shape index (κ1) is 41.2. The first-order chi connectivity index (χ1) is 24.7. The monoisotopic (exact) mass is 735 g/mol. The summed E-state index contributed by atoms with van der Waals surface area (Å²) in [6.07, 6.45) is 10.9. The topological polar surface area (TPSA) is 167 Å². The van der Waals surface area contributed by atoms with Crippen LogP contribution in [0.4, 0.5) is 9.59 Å².